The van der Waals surface area contributed by atoms with Crippen molar-refractivity contribution in [2.45, 2.75) is 0 Å². The zero-order valence-electron chi connectivity index (χ0n) is 6.97. The van der Waals surface area contributed by atoms with E-state index in [-0.39, 0.29) is 11.8 Å². The van der Waals surface area contributed by atoms with Gasteiger partial charge in [-0.2, -0.15) is 0 Å². The number of carbonyl (C=O) groups excluding carboxylic acids is 1. The summed E-state index contributed by atoms with van der Waals surface area (Å²) in [6.45, 7) is 0. The van der Waals surface area contributed by atoms with E-state index in [9.17, 15) is 4.79 Å². The lowest BCUT2D eigenvalue weighted by atomic mass is 10.3. The summed E-state index contributed by atoms with van der Waals surface area (Å²) in [6, 6.07) is 3.96. The van der Waals surface area contributed by atoms with Crippen LogP contribution < -0.4 is 10.6 Å². The molecule has 0 unspecified atom stereocenters. The van der Waals surface area contributed by atoms with E-state index in [1.54, 1.807) is 0 Å². The fourth-order valence-corrected chi connectivity index (χ4v) is 1.01. The summed E-state index contributed by atoms with van der Waals surface area (Å²) < 4.78 is 0. The first kappa shape index (κ1) is 9.67. The van der Waals surface area contributed by atoms with Crippen molar-refractivity contribution >= 4 is 23.3 Å². The minimum absolute atomic E-state index is 0.0625. The summed E-state index contributed by atoms with van der Waals surface area (Å²) in [7, 11) is 1.50. The number of aromatic hydroxyl groups is 1. The predicted molar refractivity (Wildman–Crippen MR) is 51.2 cm³/mol. The van der Waals surface area contributed by atoms with Crippen molar-refractivity contribution in [1.82, 2.24) is 5.32 Å². The Bertz CT molecular complexity index is 328. The average molecular weight is 201 g/mol. The summed E-state index contributed by atoms with van der Waals surface area (Å²) >= 11 is 5.73. The van der Waals surface area contributed by atoms with Crippen LogP contribution in [0.2, 0.25) is 5.02 Å². The van der Waals surface area contributed by atoms with Crippen molar-refractivity contribution in [3.63, 3.8) is 0 Å². The zero-order chi connectivity index (χ0) is 9.84. The van der Waals surface area contributed by atoms with Crippen LogP contribution in [0.1, 0.15) is 0 Å². The van der Waals surface area contributed by atoms with Crippen molar-refractivity contribution in [2.24, 2.45) is 0 Å². The van der Waals surface area contributed by atoms with Gasteiger partial charge in [0.15, 0.2) is 0 Å². The first-order valence-corrected chi connectivity index (χ1v) is 3.98. The van der Waals surface area contributed by atoms with Gasteiger partial charge in [-0.3, -0.25) is 0 Å². The molecule has 0 atom stereocenters. The second-order valence-corrected chi connectivity index (χ2v) is 2.78. The number of hydrogen-bond donors (Lipinski definition) is 3. The van der Waals surface area contributed by atoms with Gasteiger partial charge >= 0.3 is 6.03 Å². The molecule has 0 bridgehead atoms. The Morgan fingerprint density at radius 2 is 2.23 bits per heavy atom. The number of amides is 2. The highest BCUT2D eigenvalue weighted by Crippen LogP contribution is 2.25. The van der Waals surface area contributed by atoms with Gasteiger partial charge in [-0.1, -0.05) is 11.6 Å². The molecule has 13 heavy (non-hydrogen) atoms. The number of nitrogens with one attached hydrogen (secondary N) is 2. The minimum atomic E-state index is -0.354. The molecule has 0 aliphatic rings. The molecule has 70 valence electrons. The molecule has 0 saturated carbocycles. The molecule has 0 heterocycles. The Kier molecular flexibility index (Phi) is 2.97. The van der Waals surface area contributed by atoms with E-state index < -0.39 is 0 Å². The lowest BCUT2D eigenvalue weighted by molar-refractivity contribution is 0.254. The van der Waals surface area contributed by atoms with E-state index in [0.717, 1.165) is 0 Å². The molecule has 3 N–H and O–H groups in total. The van der Waals surface area contributed by atoms with E-state index in [4.69, 9.17) is 16.7 Å². The highest BCUT2D eigenvalue weighted by Gasteiger charge is 2.03. The number of hydrogen-bond acceptors (Lipinski definition) is 2. The van der Waals surface area contributed by atoms with E-state index >= 15 is 0 Å². The number of anilines is 1. The molecule has 0 radical (unpaired) electrons. The van der Waals surface area contributed by atoms with Crippen molar-refractivity contribution in [3.8, 4) is 5.75 Å². The summed E-state index contributed by atoms with van der Waals surface area (Å²) in [5.41, 5.74) is 0.457. The van der Waals surface area contributed by atoms with Crippen LogP contribution in [-0.4, -0.2) is 18.2 Å². The van der Waals surface area contributed by atoms with Crippen molar-refractivity contribution in [2.75, 3.05) is 12.4 Å². The lowest BCUT2D eigenvalue weighted by Crippen LogP contribution is -2.24. The summed E-state index contributed by atoms with van der Waals surface area (Å²) in [5.74, 6) is 0.0625. The molecule has 1 rings (SSSR count). The number of phenolic OH excluding ortho intramolecular Hbond substituents is 1. The zero-order valence-corrected chi connectivity index (χ0v) is 7.72. The number of carbonyl (C=O) groups is 1. The number of urea groups is 1. The summed E-state index contributed by atoms with van der Waals surface area (Å²) in [4.78, 5) is 10.9. The van der Waals surface area contributed by atoms with E-state index in [2.05, 4.69) is 10.6 Å². The molecule has 1 aromatic carbocycles. The maximum atomic E-state index is 10.9. The Labute approximate surface area is 80.5 Å². The van der Waals surface area contributed by atoms with E-state index in [1.807, 2.05) is 0 Å². The fraction of sp³-hybridized carbons (Fsp3) is 0.125. The molecule has 1 aromatic rings. The van der Waals surface area contributed by atoms with Crippen LogP contribution in [0.3, 0.4) is 0 Å². The quantitative estimate of drug-likeness (QED) is 0.606. The van der Waals surface area contributed by atoms with Gasteiger partial charge in [0, 0.05) is 13.1 Å². The number of benzene rings is 1. The topological polar surface area (TPSA) is 61.4 Å². The second kappa shape index (κ2) is 4.00. The normalized spacial score (nSPS) is 9.38. The standard InChI is InChI=1S/C8H9ClN2O2/c1-10-8(13)11-7-3-2-5(12)4-6(7)9/h2-4,12H,1H3,(H2,10,11,13). The Morgan fingerprint density at radius 1 is 1.54 bits per heavy atom. The molecule has 0 aliphatic heterocycles. The number of rotatable bonds is 1. The van der Waals surface area contributed by atoms with Gasteiger partial charge in [-0.05, 0) is 12.1 Å². The van der Waals surface area contributed by atoms with Gasteiger partial charge in [0.1, 0.15) is 5.75 Å². The van der Waals surface area contributed by atoms with Crippen LogP contribution in [0.25, 0.3) is 0 Å². The third-order valence-corrected chi connectivity index (χ3v) is 1.74. The van der Waals surface area contributed by atoms with Gasteiger partial charge < -0.3 is 15.7 Å². The molecule has 0 aromatic heterocycles. The second-order valence-electron chi connectivity index (χ2n) is 2.37. The molecular weight excluding hydrogens is 192 g/mol. The molecule has 0 spiro atoms. The molecule has 5 heteroatoms. The molecule has 0 fully saturated rings. The van der Waals surface area contributed by atoms with Crippen LogP contribution in [0.4, 0.5) is 10.5 Å². The molecular formula is C8H9ClN2O2. The predicted octanol–water partition coefficient (Wildman–Crippen LogP) is 1.80. The van der Waals surface area contributed by atoms with Crippen LogP contribution in [0, 0.1) is 0 Å². The van der Waals surface area contributed by atoms with Crippen LogP contribution in [-0.2, 0) is 0 Å². The van der Waals surface area contributed by atoms with Gasteiger partial charge in [-0.25, -0.2) is 4.79 Å². The monoisotopic (exact) mass is 200 g/mol. The van der Waals surface area contributed by atoms with Crippen molar-refractivity contribution in [3.05, 3.63) is 23.2 Å². The Balaban J connectivity index is 2.83. The van der Waals surface area contributed by atoms with E-state index in [1.165, 1.54) is 25.2 Å². The highest BCUT2D eigenvalue weighted by atomic mass is 35.5. The SMILES string of the molecule is CNC(=O)Nc1ccc(O)cc1Cl. The first-order chi connectivity index (χ1) is 6.13. The van der Waals surface area contributed by atoms with Gasteiger partial charge in [0.25, 0.3) is 0 Å². The summed E-state index contributed by atoms with van der Waals surface area (Å²) in [5, 5.41) is 14.2. The molecule has 0 aliphatic carbocycles. The van der Waals surface area contributed by atoms with Crippen molar-refractivity contribution in [1.29, 1.82) is 0 Å². The average Bonchev–Trinajstić information content (AvgIpc) is 2.09. The molecule has 0 saturated heterocycles. The highest BCUT2D eigenvalue weighted by molar-refractivity contribution is 6.33. The molecule has 4 nitrogen and oxygen atoms in total. The van der Waals surface area contributed by atoms with Gasteiger partial charge in [0.2, 0.25) is 0 Å². The number of phenols is 1. The Morgan fingerprint density at radius 3 is 2.77 bits per heavy atom. The van der Waals surface area contributed by atoms with Crippen LogP contribution in [0.5, 0.6) is 5.75 Å². The van der Waals surface area contributed by atoms with E-state index in [0.29, 0.717) is 10.7 Å². The minimum Gasteiger partial charge on any atom is -0.508 e. The fourth-order valence-electron chi connectivity index (χ4n) is 0.790. The number of halogens is 1. The molecule has 2 amide bonds. The largest absolute Gasteiger partial charge is 0.508 e. The van der Waals surface area contributed by atoms with Crippen molar-refractivity contribution < 1.29 is 9.90 Å². The van der Waals surface area contributed by atoms with Crippen LogP contribution in [0.15, 0.2) is 18.2 Å². The third-order valence-electron chi connectivity index (χ3n) is 1.43. The first-order valence-electron chi connectivity index (χ1n) is 3.60. The smallest absolute Gasteiger partial charge is 0.319 e. The maximum Gasteiger partial charge on any atom is 0.319 e. The van der Waals surface area contributed by atoms with Gasteiger partial charge in [0.05, 0.1) is 10.7 Å². The van der Waals surface area contributed by atoms with Gasteiger partial charge in [-0.15, -0.1) is 0 Å². The Hall–Kier alpha value is -1.42. The third kappa shape index (κ3) is 2.52. The van der Waals surface area contributed by atoms with Crippen LogP contribution >= 0.6 is 11.6 Å². The summed E-state index contributed by atoms with van der Waals surface area (Å²) in [6.07, 6.45) is 0. The maximum absolute atomic E-state index is 10.9. The lowest BCUT2D eigenvalue weighted by Gasteiger charge is -2.05.